The Morgan fingerprint density at radius 3 is 2.52 bits per heavy atom. The number of carbonyl (C=O) groups excluding carboxylic acids is 3. The van der Waals surface area contributed by atoms with E-state index in [1.807, 2.05) is 24.3 Å². The van der Waals surface area contributed by atoms with E-state index >= 15 is 0 Å². The average Bonchev–Trinajstić information content (AvgIpc) is 3.01. The summed E-state index contributed by atoms with van der Waals surface area (Å²) in [6, 6.07) is 16.3. The molecule has 4 nitrogen and oxygen atoms in total. The lowest BCUT2D eigenvalue weighted by Crippen LogP contribution is -2.25. The average molecular weight is 353 g/mol. The lowest BCUT2D eigenvalue weighted by atomic mass is 10.0. The molecule has 0 bridgehead atoms. The minimum atomic E-state index is -0.0576. The summed E-state index contributed by atoms with van der Waals surface area (Å²) in [5.41, 5.74) is 1.93. The first-order chi connectivity index (χ1) is 12.0. The van der Waals surface area contributed by atoms with E-state index in [2.05, 4.69) is 0 Å². The Balaban J connectivity index is 1.76. The van der Waals surface area contributed by atoms with Gasteiger partial charge in [-0.2, -0.15) is 0 Å². The van der Waals surface area contributed by atoms with Gasteiger partial charge in [0.1, 0.15) is 0 Å². The summed E-state index contributed by atoms with van der Waals surface area (Å²) in [6.45, 7) is 2.12. The molecule has 0 N–H and O–H groups in total. The molecule has 2 aromatic rings. The third-order valence-electron chi connectivity index (χ3n) is 4.18. The molecule has 1 saturated heterocycles. The number of benzene rings is 2. The zero-order valence-corrected chi connectivity index (χ0v) is 14.8. The van der Waals surface area contributed by atoms with Gasteiger partial charge in [0.25, 0.3) is 0 Å². The number of rotatable bonds is 5. The van der Waals surface area contributed by atoms with Gasteiger partial charge in [-0.3, -0.25) is 14.4 Å². The second kappa shape index (κ2) is 7.66. The van der Waals surface area contributed by atoms with E-state index in [4.69, 9.17) is 0 Å². The Hall–Kier alpha value is -2.40. The van der Waals surface area contributed by atoms with Crippen LogP contribution < -0.4 is 4.90 Å². The van der Waals surface area contributed by atoms with Crippen molar-refractivity contribution in [3.8, 4) is 0 Å². The van der Waals surface area contributed by atoms with E-state index in [1.54, 1.807) is 35.2 Å². The van der Waals surface area contributed by atoms with E-state index in [1.165, 1.54) is 18.7 Å². The Labute approximate surface area is 151 Å². The Bertz CT molecular complexity index is 804. The molecule has 3 rings (SSSR count). The Kier molecular flexibility index (Phi) is 5.34. The summed E-state index contributed by atoms with van der Waals surface area (Å²) in [7, 11) is 0. The zero-order valence-electron chi connectivity index (χ0n) is 14.0. The molecule has 0 aromatic heterocycles. The summed E-state index contributed by atoms with van der Waals surface area (Å²) >= 11 is 1.26. The van der Waals surface area contributed by atoms with E-state index in [0.717, 1.165) is 5.69 Å². The fraction of sp³-hybridized carbons (Fsp3) is 0.250. The van der Waals surface area contributed by atoms with Crippen LogP contribution in [0.1, 0.15) is 29.3 Å². The summed E-state index contributed by atoms with van der Waals surface area (Å²) in [5, 5.41) is 0.0707. The minimum absolute atomic E-state index is 0.0402. The number of hydrogen-bond donors (Lipinski definition) is 0. The van der Waals surface area contributed by atoms with E-state index in [9.17, 15) is 14.4 Å². The van der Waals surface area contributed by atoms with Crippen molar-refractivity contribution in [3.05, 3.63) is 65.7 Å². The molecule has 25 heavy (non-hydrogen) atoms. The molecular formula is C20H19NO3S. The monoisotopic (exact) mass is 353 g/mol. The topological polar surface area (TPSA) is 54.5 Å². The number of ketones is 1. The molecule has 0 radical (unpaired) electrons. The number of nitrogens with zero attached hydrogens (tertiary/aromatic N) is 1. The number of amides is 1. The van der Waals surface area contributed by atoms with Crippen molar-refractivity contribution < 1.29 is 14.4 Å². The van der Waals surface area contributed by atoms with Crippen LogP contribution in [0.15, 0.2) is 54.6 Å². The predicted octanol–water partition coefficient (Wildman–Crippen LogP) is 3.55. The normalized spacial score (nSPS) is 16.9. The van der Waals surface area contributed by atoms with Crippen LogP contribution in [0.3, 0.4) is 0 Å². The van der Waals surface area contributed by atoms with Crippen molar-refractivity contribution in [2.45, 2.75) is 13.3 Å². The van der Waals surface area contributed by atoms with Crippen molar-refractivity contribution in [3.63, 3.8) is 0 Å². The lowest BCUT2D eigenvalue weighted by molar-refractivity contribution is -0.117. The highest BCUT2D eigenvalue weighted by Crippen LogP contribution is 2.28. The van der Waals surface area contributed by atoms with Crippen LogP contribution in [0.5, 0.6) is 0 Å². The van der Waals surface area contributed by atoms with Gasteiger partial charge in [-0.1, -0.05) is 54.2 Å². The van der Waals surface area contributed by atoms with Crippen molar-refractivity contribution >= 4 is 34.3 Å². The van der Waals surface area contributed by atoms with Crippen LogP contribution in [-0.4, -0.2) is 29.1 Å². The summed E-state index contributed by atoms with van der Waals surface area (Å²) in [4.78, 5) is 37.8. The molecule has 0 aliphatic carbocycles. The fourth-order valence-corrected chi connectivity index (χ4v) is 3.64. The second-order valence-corrected chi connectivity index (χ2v) is 7.32. The van der Waals surface area contributed by atoms with Crippen molar-refractivity contribution in [1.82, 2.24) is 0 Å². The van der Waals surface area contributed by atoms with Crippen LogP contribution >= 0.6 is 11.8 Å². The van der Waals surface area contributed by atoms with Gasteiger partial charge in [-0.25, -0.2) is 0 Å². The molecule has 1 unspecified atom stereocenters. The first kappa shape index (κ1) is 17.4. The lowest BCUT2D eigenvalue weighted by Gasteiger charge is -2.17. The third-order valence-corrected chi connectivity index (χ3v) is 5.23. The summed E-state index contributed by atoms with van der Waals surface area (Å²) in [6.07, 6.45) is 0.442. The number of anilines is 1. The molecule has 5 heteroatoms. The Morgan fingerprint density at radius 2 is 1.80 bits per heavy atom. The van der Waals surface area contributed by atoms with Crippen molar-refractivity contribution in [1.29, 1.82) is 0 Å². The zero-order chi connectivity index (χ0) is 17.8. The van der Waals surface area contributed by atoms with Gasteiger partial charge in [0.15, 0.2) is 10.9 Å². The number of thioether (sulfide) groups is 1. The maximum atomic E-state index is 12.6. The SMILES string of the molecule is CC(=O)SCC1CC(=O)N(c2cccc(C(=O)c3ccccc3)c2)C1. The largest absolute Gasteiger partial charge is 0.312 e. The second-order valence-electron chi connectivity index (χ2n) is 6.12. The summed E-state index contributed by atoms with van der Waals surface area (Å²) in [5.74, 6) is 0.798. The number of carbonyl (C=O) groups is 3. The van der Waals surface area contributed by atoms with E-state index < -0.39 is 0 Å². The highest BCUT2D eigenvalue weighted by atomic mass is 32.2. The summed E-state index contributed by atoms with van der Waals surface area (Å²) < 4.78 is 0. The molecule has 1 atom stereocenters. The van der Waals surface area contributed by atoms with Gasteiger partial charge in [-0.05, 0) is 18.1 Å². The first-order valence-corrected chi connectivity index (χ1v) is 9.16. The molecule has 0 spiro atoms. The highest BCUT2D eigenvalue weighted by Gasteiger charge is 2.31. The van der Waals surface area contributed by atoms with Gasteiger partial charge < -0.3 is 4.90 Å². The van der Waals surface area contributed by atoms with Gasteiger partial charge >= 0.3 is 0 Å². The molecule has 0 saturated carbocycles. The van der Waals surface area contributed by atoms with Gasteiger partial charge in [0.2, 0.25) is 5.91 Å². The molecule has 1 heterocycles. The predicted molar refractivity (Wildman–Crippen MR) is 99.9 cm³/mol. The maximum Gasteiger partial charge on any atom is 0.227 e. The van der Waals surface area contributed by atoms with Gasteiger partial charge in [0.05, 0.1) is 0 Å². The van der Waals surface area contributed by atoms with E-state index in [-0.39, 0.29) is 22.7 Å². The minimum Gasteiger partial charge on any atom is -0.312 e. The van der Waals surface area contributed by atoms with Crippen molar-refractivity contribution in [2.24, 2.45) is 5.92 Å². The maximum absolute atomic E-state index is 12.6. The molecule has 128 valence electrons. The molecule has 1 amide bonds. The van der Waals surface area contributed by atoms with Crippen LogP contribution in [0.2, 0.25) is 0 Å². The smallest absolute Gasteiger partial charge is 0.227 e. The Morgan fingerprint density at radius 1 is 1.08 bits per heavy atom. The quantitative estimate of drug-likeness (QED) is 0.772. The molecular weight excluding hydrogens is 334 g/mol. The van der Waals surface area contributed by atoms with Gasteiger partial charge in [-0.15, -0.1) is 0 Å². The van der Waals surface area contributed by atoms with Crippen LogP contribution in [0.25, 0.3) is 0 Å². The molecule has 1 aliphatic rings. The highest BCUT2D eigenvalue weighted by molar-refractivity contribution is 8.13. The molecule has 1 fully saturated rings. The van der Waals surface area contributed by atoms with Gasteiger partial charge in [0, 0.05) is 42.5 Å². The van der Waals surface area contributed by atoms with E-state index in [0.29, 0.717) is 29.8 Å². The molecule has 1 aliphatic heterocycles. The molecule has 2 aromatic carbocycles. The standard InChI is InChI=1S/C20H19NO3S/c1-14(22)25-13-15-10-19(23)21(12-15)18-9-5-8-17(11-18)20(24)16-6-3-2-4-7-16/h2-9,11,15H,10,12-13H2,1H3. The van der Waals surface area contributed by atoms with Crippen LogP contribution in [0, 0.1) is 5.92 Å². The fourth-order valence-electron chi connectivity index (χ4n) is 2.95. The third kappa shape index (κ3) is 4.17. The van der Waals surface area contributed by atoms with Crippen LogP contribution in [0.4, 0.5) is 5.69 Å². The first-order valence-electron chi connectivity index (χ1n) is 8.18. The van der Waals surface area contributed by atoms with Crippen LogP contribution in [-0.2, 0) is 9.59 Å². The number of hydrogen-bond acceptors (Lipinski definition) is 4. The van der Waals surface area contributed by atoms with Crippen molar-refractivity contribution in [2.75, 3.05) is 17.2 Å².